The lowest BCUT2D eigenvalue weighted by Crippen LogP contribution is -2.58. The van der Waals surface area contributed by atoms with Crippen molar-refractivity contribution in [2.45, 2.75) is 25.3 Å². The van der Waals surface area contributed by atoms with Crippen LogP contribution in [-0.4, -0.2) is 40.8 Å². The van der Waals surface area contributed by atoms with Crippen molar-refractivity contribution in [1.29, 1.82) is 0 Å². The zero-order valence-electron chi connectivity index (χ0n) is 14.2. The van der Waals surface area contributed by atoms with Crippen molar-refractivity contribution in [3.8, 4) is 0 Å². The van der Waals surface area contributed by atoms with Gasteiger partial charge >= 0.3 is 0 Å². The second-order valence-corrected chi connectivity index (χ2v) is 6.31. The Morgan fingerprint density at radius 2 is 2.19 bits per heavy atom. The number of aromatic nitrogens is 1. The van der Waals surface area contributed by atoms with E-state index in [0.29, 0.717) is 37.4 Å². The first kappa shape index (κ1) is 16.4. The summed E-state index contributed by atoms with van der Waals surface area (Å²) in [7, 11) is 0. The van der Waals surface area contributed by atoms with Crippen LogP contribution in [-0.2, 0) is 22.4 Å². The quantitative estimate of drug-likeness (QED) is 0.757. The number of carbonyl (C=O) groups excluding carboxylic acids is 2. The van der Waals surface area contributed by atoms with Gasteiger partial charge in [-0.3, -0.25) is 9.59 Å². The van der Waals surface area contributed by atoms with Crippen molar-refractivity contribution in [3.63, 3.8) is 0 Å². The fourth-order valence-electron chi connectivity index (χ4n) is 3.22. The molecule has 1 fully saturated rings. The number of rotatable bonds is 5. The lowest BCUT2D eigenvalue weighted by atomic mass is 10.1. The molecule has 1 aliphatic rings. The first-order valence-corrected chi connectivity index (χ1v) is 8.63. The van der Waals surface area contributed by atoms with E-state index in [1.165, 1.54) is 0 Å². The van der Waals surface area contributed by atoms with Gasteiger partial charge in [-0.2, -0.15) is 0 Å². The van der Waals surface area contributed by atoms with Crippen molar-refractivity contribution in [3.05, 3.63) is 54.3 Å². The van der Waals surface area contributed by atoms with Crippen molar-refractivity contribution < 1.29 is 18.4 Å². The number of hydrogen-bond acceptors (Lipinski definition) is 5. The van der Waals surface area contributed by atoms with Crippen LogP contribution >= 0.6 is 0 Å². The molecule has 7 nitrogen and oxygen atoms in total. The second-order valence-electron chi connectivity index (χ2n) is 6.31. The summed E-state index contributed by atoms with van der Waals surface area (Å²) in [6.45, 7) is 0.946. The minimum atomic E-state index is -0.603. The van der Waals surface area contributed by atoms with Gasteiger partial charge in [0, 0.05) is 19.5 Å². The molecule has 1 aliphatic heterocycles. The minimum absolute atomic E-state index is 0.0536. The summed E-state index contributed by atoms with van der Waals surface area (Å²) in [6, 6.07) is 8.68. The molecule has 0 aliphatic carbocycles. The Morgan fingerprint density at radius 1 is 1.31 bits per heavy atom. The molecule has 0 radical (unpaired) electrons. The van der Waals surface area contributed by atoms with Crippen LogP contribution < -0.4 is 5.32 Å². The lowest BCUT2D eigenvalue weighted by Gasteiger charge is -2.34. The highest BCUT2D eigenvalue weighted by Gasteiger charge is 2.34. The Hall–Kier alpha value is -3.09. The SMILES string of the molecule is O=C1NCCN(C(=O)CCc2ccoc2)C1Cc1nc2ccccc2o1. The summed E-state index contributed by atoms with van der Waals surface area (Å²) >= 11 is 0. The van der Waals surface area contributed by atoms with Gasteiger partial charge in [-0.05, 0) is 30.2 Å². The average Bonchev–Trinajstić information content (AvgIpc) is 3.30. The molecule has 134 valence electrons. The van der Waals surface area contributed by atoms with Crippen LogP contribution in [0, 0.1) is 0 Å². The molecule has 2 aromatic heterocycles. The Balaban J connectivity index is 1.49. The van der Waals surface area contributed by atoms with Crippen LogP contribution in [0.25, 0.3) is 11.1 Å². The van der Waals surface area contributed by atoms with Crippen LogP contribution in [0.3, 0.4) is 0 Å². The second kappa shape index (κ2) is 7.03. The van der Waals surface area contributed by atoms with E-state index in [4.69, 9.17) is 8.83 Å². The number of amides is 2. The van der Waals surface area contributed by atoms with E-state index in [0.717, 1.165) is 11.1 Å². The topological polar surface area (TPSA) is 88.6 Å². The van der Waals surface area contributed by atoms with Crippen molar-refractivity contribution in [2.24, 2.45) is 0 Å². The number of furan rings is 1. The van der Waals surface area contributed by atoms with Crippen molar-refractivity contribution in [2.75, 3.05) is 13.1 Å². The van der Waals surface area contributed by atoms with Gasteiger partial charge in [0.1, 0.15) is 11.6 Å². The zero-order valence-corrected chi connectivity index (χ0v) is 14.2. The molecule has 2 amide bonds. The van der Waals surface area contributed by atoms with E-state index in [1.54, 1.807) is 17.4 Å². The highest BCUT2D eigenvalue weighted by molar-refractivity contribution is 5.89. The van der Waals surface area contributed by atoms with Gasteiger partial charge in [0.2, 0.25) is 11.8 Å². The fourth-order valence-corrected chi connectivity index (χ4v) is 3.22. The number of hydrogen-bond donors (Lipinski definition) is 1. The van der Waals surface area contributed by atoms with Crippen molar-refractivity contribution in [1.82, 2.24) is 15.2 Å². The predicted molar refractivity (Wildman–Crippen MR) is 93.3 cm³/mol. The molecule has 3 aromatic rings. The molecule has 3 heterocycles. The molecular weight excluding hydrogens is 334 g/mol. The van der Waals surface area contributed by atoms with Gasteiger partial charge in [0.25, 0.3) is 0 Å². The minimum Gasteiger partial charge on any atom is -0.472 e. The summed E-state index contributed by atoms with van der Waals surface area (Å²) in [6.07, 6.45) is 4.40. The fraction of sp³-hybridized carbons (Fsp3) is 0.316. The lowest BCUT2D eigenvalue weighted by molar-refractivity contribution is -0.143. The number of oxazole rings is 1. The Morgan fingerprint density at radius 3 is 3.00 bits per heavy atom. The summed E-state index contributed by atoms with van der Waals surface area (Å²) in [5.74, 6) is 0.234. The van der Waals surface area contributed by atoms with Crippen LogP contribution in [0.2, 0.25) is 0 Å². The number of benzene rings is 1. The third-order valence-electron chi connectivity index (χ3n) is 4.56. The molecule has 7 heteroatoms. The first-order valence-electron chi connectivity index (χ1n) is 8.63. The molecule has 26 heavy (non-hydrogen) atoms. The molecule has 0 spiro atoms. The summed E-state index contributed by atoms with van der Waals surface area (Å²) in [5, 5.41) is 2.82. The third-order valence-corrected chi connectivity index (χ3v) is 4.56. The van der Waals surface area contributed by atoms with Crippen LogP contribution in [0.4, 0.5) is 0 Å². The summed E-state index contributed by atoms with van der Waals surface area (Å²) in [4.78, 5) is 31.1. The van der Waals surface area contributed by atoms with Crippen molar-refractivity contribution >= 4 is 22.9 Å². The summed E-state index contributed by atoms with van der Waals surface area (Å²) < 4.78 is 10.8. The molecule has 1 N–H and O–H groups in total. The average molecular weight is 353 g/mol. The van der Waals surface area contributed by atoms with Gasteiger partial charge < -0.3 is 19.1 Å². The molecule has 1 saturated heterocycles. The van der Waals surface area contributed by atoms with E-state index in [1.807, 2.05) is 30.3 Å². The van der Waals surface area contributed by atoms with E-state index >= 15 is 0 Å². The molecule has 1 unspecified atom stereocenters. The highest BCUT2D eigenvalue weighted by Crippen LogP contribution is 2.19. The Bertz CT molecular complexity index is 883. The maximum absolute atomic E-state index is 12.7. The zero-order chi connectivity index (χ0) is 17.9. The van der Waals surface area contributed by atoms with Gasteiger partial charge in [0.15, 0.2) is 11.5 Å². The van der Waals surface area contributed by atoms with E-state index < -0.39 is 6.04 Å². The molecule has 0 bridgehead atoms. The Kier molecular flexibility index (Phi) is 4.43. The molecule has 1 atom stereocenters. The highest BCUT2D eigenvalue weighted by atomic mass is 16.3. The maximum Gasteiger partial charge on any atom is 0.243 e. The molecule has 0 saturated carbocycles. The van der Waals surface area contributed by atoms with E-state index in [9.17, 15) is 9.59 Å². The van der Waals surface area contributed by atoms with Crippen LogP contribution in [0.1, 0.15) is 17.9 Å². The first-order chi connectivity index (χ1) is 12.7. The summed E-state index contributed by atoms with van der Waals surface area (Å²) in [5.41, 5.74) is 2.39. The number of carbonyl (C=O) groups is 2. The Labute approximate surface area is 150 Å². The predicted octanol–water partition coefficient (Wildman–Crippen LogP) is 1.92. The molecular formula is C19H19N3O4. The van der Waals surface area contributed by atoms with Gasteiger partial charge in [0.05, 0.1) is 18.9 Å². The number of aryl methyl sites for hydroxylation is 1. The van der Waals surface area contributed by atoms with E-state index in [-0.39, 0.29) is 18.2 Å². The number of nitrogens with one attached hydrogen (secondary N) is 1. The largest absolute Gasteiger partial charge is 0.472 e. The van der Waals surface area contributed by atoms with Crippen LogP contribution in [0.15, 0.2) is 51.7 Å². The molecule has 4 rings (SSSR count). The third kappa shape index (κ3) is 3.33. The monoisotopic (exact) mass is 353 g/mol. The number of nitrogens with zero attached hydrogens (tertiary/aromatic N) is 2. The number of fused-ring (bicyclic) bond motifs is 1. The standard InChI is InChI=1S/C19H19N3O4/c23-18(6-5-13-7-10-25-12-13)22-9-8-20-19(24)15(22)11-17-21-14-3-1-2-4-16(14)26-17/h1-4,7,10,12,15H,5-6,8-9,11H2,(H,20,24). The normalized spacial score (nSPS) is 17.5. The van der Waals surface area contributed by atoms with Gasteiger partial charge in [-0.15, -0.1) is 0 Å². The van der Waals surface area contributed by atoms with Gasteiger partial charge in [-0.25, -0.2) is 4.98 Å². The van der Waals surface area contributed by atoms with Crippen LogP contribution in [0.5, 0.6) is 0 Å². The smallest absolute Gasteiger partial charge is 0.243 e. The molecule has 1 aromatic carbocycles. The number of para-hydroxylation sites is 2. The van der Waals surface area contributed by atoms with Gasteiger partial charge in [-0.1, -0.05) is 12.1 Å². The maximum atomic E-state index is 12.7. The number of piperazine rings is 1. The van der Waals surface area contributed by atoms with E-state index in [2.05, 4.69) is 10.3 Å².